The smallest absolute Gasteiger partial charge is 0.412 e. The number of amides is 1. The minimum Gasteiger partial charge on any atom is -0.444 e. The Hall–Kier alpha value is -1.26. The summed E-state index contributed by atoms with van der Waals surface area (Å²) in [5.74, 6) is 0.392. The van der Waals surface area contributed by atoms with E-state index in [1.807, 2.05) is 32.9 Å². The van der Waals surface area contributed by atoms with Crippen molar-refractivity contribution in [2.75, 3.05) is 18.4 Å². The fraction of sp³-hybridized carbons (Fsp3) is 0.500. The Labute approximate surface area is 118 Å². The molecule has 1 aromatic rings. The average molecular weight is 283 g/mol. The minimum atomic E-state index is -0.505. The molecule has 2 rings (SSSR count). The van der Waals surface area contributed by atoms with Crippen molar-refractivity contribution in [2.45, 2.75) is 32.3 Å². The van der Waals surface area contributed by atoms with Gasteiger partial charge in [0.25, 0.3) is 0 Å². The number of anilines is 1. The number of ether oxygens (including phenoxy) is 1. The quantitative estimate of drug-likeness (QED) is 0.874. The standard InChI is InChI=1S/C14H19ClN2O2/c1-14(2,3)19-13(18)17-12-5-4-10(15)6-11(12)9-7-16-8-9/h4-6,9,16H,7-8H2,1-3H3,(H,17,18). The van der Waals surface area contributed by atoms with Gasteiger partial charge in [0.15, 0.2) is 0 Å². The molecule has 1 aromatic carbocycles. The fourth-order valence-electron chi connectivity index (χ4n) is 1.91. The minimum absolute atomic E-state index is 0.392. The molecule has 0 atom stereocenters. The lowest BCUT2D eigenvalue weighted by Gasteiger charge is -2.29. The number of nitrogens with one attached hydrogen (secondary N) is 2. The number of benzene rings is 1. The molecule has 0 spiro atoms. The molecule has 0 aromatic heterocycles. The summed E-state index contributed by atoms with van der Waals surface area (Å²) >= 11 is 6.02. The Morgan fingerprint density at radius 2 is 2.11 bits per heavy atom. The maximum atomic E-state index is 11.8. The summed E-state index contributed by atoms with van der Waals surface area (Å²) in [5.41, 5.74) is 1.32. The van der Waals surface area contributed by atoms with Gasteiger partial charge in [-0.25, -0.2) is 4.79 Å². The molecule has 5 heteroatoms. The predicted octanol–water partition coefficient (Wildman–Crippen LogP) is 3.37. The molecular formula is C14H19ClN2O2. The highest BCUT2D eigenvalue weighted by Crippen LogP contribution is 2.30. The summed E-state index contributed by atoms with van der Waals surface area (Å²) in [4.78, 5) is 11.8. The number of carbonyl (C=O) groups is 1. The molecule has 104 valence electrons. The lowest BCUT2D eigenvalue weighted by molar-refractivity contribution is 0.0635. The molecule has 0 radical (unpaired) electrons. The summed E-state index contributed by atoms with van der Waals surface area (Å²) in [6.07, 6.45) is -0.441. The maximum absolute atomic E-state index is 11.8. The summed E-state index contributed by atoms with van der Waals surface area (Å²) in [6.45, 7) is 7.33. The summed E-state index contributed by atoms with van der Waals surface area (Å²) < 4.78 is 5.26. The largest absolute Gasteiger partial charge is 0.444 e. The predicted molar refractivity (Wildman–Crippen MR) is 76.9 cm³/mol. The second-order valence-corrected chi connectivity index (χ2v) is 6.15. The zero-order valence-electron chi connectivity index (χ0n) is 11.4. The van der Waals surface area contributed by atoms with E-state index < -0.39 is 11.7 Å². The molecule has 1 aliphatic rings. The van der Waals surface area contributed by atoms with Crippen LogP contribution in [0, 0.1) is 0 Å². The molecule has 19 heavy (non-hydrogen) atoms. The first-order valence-corrected chi connectivity index (χ1v) is 6.73. The SMILES string of the molecule is CC(C)(C)OC(=O)Nc1ccc(Cl)cc1C1CNC1. The molecular weight excluding hydrogens is 264 g/mol. The van der Waals surface area contributed by atoms with Crippen molar-refractivity contribution < 1.29 is 9.53 Å². The Morgan fingerprint density at radius 3 is 2.63 bits per heavy atom. The normalized spacial score (nSPS) is 15.8. The highest BCUT2D eigenvalue weighted by molar-refractivity contribution is 6.30. The third-order valence-corrected chi connectivity index (χ3v) is 3.11. The van der Waals surface area contributed by atoms with E-state index in [0.717, 1.165) is 24.3 Å². The number of hydrogen-bond acceptors (Lipinski definition) is 3. The number of hydrogen-bond donors (Lipinski definition) is 2. The molecule has 0 bridgehead atoms. The third kappa shape index (κ3) is 3.85. The Bertz CT molecular complexity index is 479. The van der Waals surface area contributed by atoms with Crippen LogP contribution in [0.25, 0.3) is 0 Å². The summed E-state index contributed by atoms with van der Waals surface area (Å²) in [6, 6.07) is 5.49. The lowest BCUT2D eigenvalue weighted by Crippen LogP contribution is -2.40. The molecule has 1 fully saturated rings. The van der Waals surface area contributed by atoms with Crippen LogP contribution >= 0.6 is 11.6 Å². The Balaban J connectivity index is 2.13. The molecule has 1 aliphatic heterocycles. The molecule has 1 heterocycles. The van der Waals surface area contributed by atoms with Gasteiger partial charge in [-0.1, -0.05) is 11.6 Å². The first-order valence-electron chi connectivity index (χ1n) is 6.35. The van der Waals surface area contributed by atoms with E-state index in [2.05, 4.69) is 10.6 Å². The molecule has 4 nitrogen and oxygen atoms in total. The van der Waals surface area contributed by atoms with Crippen LogP contribution < -0.4 is 10.6 Å². The van der Waals surface area contributed by atoms with Crippen LogP contribution in [0.2, 0.25) is 5.02 Å². The molecule has 1 amide bonds. The zero-order chi connectivity index (χ0) is 14.0. The van der Waals surface area contributed by atoms with Crippen molar-refractivity contribution >= 4 is 23.4 Å². The van der Waals surface area contributed by atoms with Crippen LogP contribution in [0.3, 0.4) is 0 Å². The zero-order valence-corrected chi connectivity index (χ0v) is 12.2. The van der Waals surface area contributed by atoms with Crippen LogP contribution in [0.1, 0.15) is 32.3 Å². The molecule has 0 aliphatic carbocycles. The Kier molecular flexibility index (Phi) is 4.02. The van der Waals surface area contributed by atoms with E-state index in [4.69, 9.17) is 16.3 Å². The van der Waals surface area contributed by atoms with Crippen LogP contribution in [0.5, 0.6) is 0 Å². The van der Waals surface area contributed by atoms with Crippen molar-refractivity contribution in [3.05, 3.63) is 28.8 Å². The summed E-state index contributed by atoms with van der Waals surface area (Å²) in [5, 5.41) is 6.68. The van der Waals surface area contributed by atoms with Crippen LogP contribution in [0.15, 0.2) is 18.2 Å². The van der Waals surface area contributed by atoms with Gasteiger partial charge in [0.2, 0.25) is 0 Å². The van der Waals surface area contributed by atoms with E-state index in [-0.39, 0.29) is 0 Å². The Morgan fingerprint density at radius 1 is 1.42 bits per heavy atom. The van der Waals surface area contributed by atoms with Crippen molar-refractivity contribution in [1.82, 2.24) is 5.32 Å². The van der Waals surface area contributed by atoms with E-state index in [1.165, 1.54) is 0 Å². The van der Waals surface area contributed by atoms with E-state index in [9.17, 15) is 4.79 Å². The van der Waals surface area contributed by atoms with Gasteiger partial charge in [0.1, 0.15) is 5.60 Å². The number of rotatable bonds is 2. The topological polar surface area (TPSA) is 50.4 Å². The fourth-order valence-corrected chi connectivity index (χ4v) is 2.09. The van der Waals surface area contributed by atoms with Gasteiger partial charge < -0.3 is 10.1 Å². The number of carbonyl (C=O) groups excluding carboxylic acids is 1. The van der Waals surface area contributed by atoms with Gasteiger partial charge >= 0.3 is 6.09 Å². The maximum Gasteiger partial charge on any atom is 0.412 e. The van der Waals surface area contributed by atoms with Gasteiger partial charge in [-0.05, 0) is 44.5 Å². The van der Waals surface area contributed by atoms with Crippen molar-refractivity contribution in [1.29, 1.82) is 0 Å². The average Bonchev–Trinajstić information content (AvgIpc) is 2.16. The van der Waals surface area contributed by atoms with Crippen LogP contribution in [0.4, 0.5) is 10.5 Å². The molecule has 0 unspecified atom stereocenters. The van der Waals surface area contributed by atoms with E-state index >= 15 is 0 Å². The third-order valence-electron chi connectivity index (χ3n) is 2.87. The molecule has 0 saturated carbocycles. The summed E-state index contributed by atoms with van der Waals surface area (Å²) in [7, 11) is 0. The van der Waals surface area contributed by atoms with Crippen LogP contribution in [-0.2, 0) is 4.74 Å². The van der Waals surface area contributed by atoms with Crippen LogP contribution in [-0.4, -0.2) is 24.8 Å². The van der Waals surface area contributed by atoms with Gasteiger partial charge in [-0.15, -0.1) is 0 Å². The lowest BCUT2D eigenvalue weighted by atomic mass is 9.92. The second-order valence-electron chi connectivity index (χ2n) is 5.71. The van der Waals surface area contributed by atoms with Crippen molar-refractivity contribution in [3.63, 3.8) is 0 Å². The second kappa shape index (κ2) is 5.39. The molecule has 2 N–H and O–H groups in total. The van der Waals surface area contributed by atoms with E-state index in [1.54, 1.807) is 6.07 Å². The highest BCUT2D eigenvalue weighted by atomic mass is 35.5. The van der Waals surface area contributed by atoms with Gasteiger partial charge in [0, 0.05) is 29.7 Å². The highest BCUT2D eigenvalue weighted by Gasteiger charge is 2.24. The van der Waals surface area contributed by atoms with Gasteiger partial charge in [0.05, 0.1) is 0 Å². The van der Waals surface area contributed by atoms with Crippen molar-refractivity contribution in [2.24, 2.45) is 0 Å². The number of halogens is 1. The first kappa shape index (κ1) is 14.2. The van der Waals surface area contributed by atoms with Gasteiger partial charge in [-0.2, -0.15) is 0 Å². The van der Waals surface area contributed by atoms with Gasteiger partial charge in [-0.3, -0.25) is 5.32 Å². The monoisotopic (exact) mass is 282 g/mol. The van der Waals surface area contributed by atoms with Crippen molar-refractivity contribution in [3.8, 4) is 0 Å². The first-order chi connectivity index (χ1) is 8.85. The van der Waals surface area contributed by atoms with E-state index in [0.29, 0.717) is 10.9 Å². The molecule has 1 saturated heterocycles.